The average Bonchev–Trinajstić information content (AvgIpc) is 2.36. The van der Waals surface area contributed by atoms with Gasteiger partial charge in [0.2, 0.25) is 0 Å². The van der Waals surface area contributed by atoms with Gasteiger partial charge in [0.25, 0.3) is 0 Å². The number of hydrogen-bond donors (Lipinski definition) is 1. The maximum absolute atomic E-state index is 4.84. The predicted molar refractivity (Wildman–Crippen MR) is 93.0 cm³/mol. The molecule has 120 valence electrons. The third-order valence-electron chi connectivity index (χ3n) is 3.34. The highest BCUT2D eigenvalue weighted by molar-refractivity contribution is 5.43. The number of rotatable bonds is 7. The summed E-state index contributed by atoms with van der Waals surface area (Å²) in [6.07, 6.45) is 1.17. The summed E-state index contributed by atoms with van der Waals surface area (Å²) in [5, 5.41) is 3.49. The van der Waals surface area contributed by atoms with Crippen molar-refractivity contribution in [3.8, 4) is 0 Å². The summed E-state index contributed by atoms with van der Waals surface area (Å²) in [5.74, 6) is 1.54. The van der Waals surface area contributed by atoms with Gasteiger partial charge in [0.05, 0.1) is 0 Å². The van der Waals surface area contributed by atoms with Crippen LogP contribution >= 0.6 is 0 Å². The number of aromatic nitrogens is 1. The Morgan fingerprint density at radius 2 is 1.90 bits per heavy atom. The maximum Gasteiger partial charge on any atom is 0.128 e. The molecule has 0 bridgehead atoms. The minimum absolute atomic E-state index is 0.269. The van der Waals surface area contributed by atoms with Crippen LogP contribution in [0.25, 0.3) is 0 Å². The Hall–Kier alpha value is -1.09. The molecule has 0 fully saturated rings. The van der Waals surface area contributed by atoms with Gasteiger partial charge < -0.3 is 10.2 Å². The molecule has 0 saturated carbocycles. The molecule has 0 radical (unpaired) electrons. The molecule has 0 spiro atoms. The molecule has 0 saturated heterocycles. The Bertz CT molecular complexity index is 433. The first kappa shape index (κ1) is 18.0. The molecule has 1 aromatic heterocycles. The zero-order valence-electron chi connectivity index (χ0n) is 15.0. The average molecular weight is 291 g/mol. The molecule has 0 aromatic carbocycles. The van der Waals surface area contributed by atoms with Crippen LogP contribution in [0.1, 0.15) is 65.1 Å². The maximum atomic E-state index is 4.84. The summed E-state index contributed by atoms with van der Waals surface area (Å²) in [7, 11) is 2.14. The Labute approximate surface area is 131 Å². The number of hydrogen-bond acceptors (Lipinski definition) is 3. The Morgan fingerprint density at radius 3 is 2.43 bits per heavy atom. The zero-order valence-corrected chi connectivity index (χ0v) is 15.0. The van der Waals surface area contributed by atoms with E-state index >= 15 is 0 Å². The minimum Gasteiger partial charge on any atom is -0.359 e. The topological polar surface area (TPSA) is 28.2 Å². The van der Waals surface area contributed by atoms with E-state index in [1.807, 2.05) is 0 Å². The largest absolute Gasteiger partial charge is 0.359 e. The second-order valence-corrected chi connectivity index (χ2v) is 7.51. The molecule has 0 amide bonds. The molecule has 0 aliphatic carbocycles. The minimum atomic E-state index is 0.269. The lowest BCUT2D eigenvalue weighted by atomic mass is 9.96. The molecule has 21 heavy (non-hydrogen) atoms. The first-order valence-corrected chi connectivity index (χ1v) is 8.15. The number of nitrogens with one attached hydrogen (secondary N) is 1. The van der Waals surface area contributed by atoms with E-state index in [4.69, 9.17) is 4.98 Å². The highest BCUT2D eigenvalue weighted by Gasteiger charge is 2.16. The van der Waals surface area contributed by atoms with Crippen LogP contribution in [0.4, 0.5) is 5.82 Å². The second-order valence-electron chi connectivity index (χ2n) is 7.51. The highest BCUT2D eigenvalue weighted by atomic mass is 15.2. The highest BCUT2D eigenvalue weighted by Crippen LogP contribution is 2.23. The van der Waals surface area contributed by atoms with Gasteiger partial charge in [0.15, 0.2) is 0 Å². The van der Waals surface area contributed by atoms with Crippen LogP contribution in [0.2, 0.25) is 0 Å². The fraction of sp³-hybridized carbons (Fsp3) is 0.722. The Kier molecular flexibility index (Phi) is 6.66. The van der Waals surface area contributed by atoms with E-state index in [9.17, 15) is 0 Å². The van der Waals surface area contributed by atoms with Crippen molar-refractivity contribution in [2.75, 3.05) is 25.0 Å². The van der Waals surface area contributed by atoms with Gasteiger partial charge in [-0.2, -0.15) is 0 Å². The van der Waals surface area contributed by atoms with E-state index in [0.29, 0.717) is 5.92 Å². The molecule has 0 atom stereocenters. The summed E-state index contributed by atoms with van der Waals surface area (Å²) >= 11 is 0. The summed E-state index contributed by atoms with van der Waals surface area (Å²) in [5.41, 5.74) is 2.78. The summed E-state index contributed by atoms with van der Waals surface area (Å²) < 4.78 is 0. The van der Waals surface area contributed by atoms with Crippen molar-refractivity contribution in [3.05, 3.63) is 23.4 Å². The lowest BCUT2D eigenvalue weighted by Crippen LogP contribution is -2.30. The van der Waals surface area contributed by atoms with Gasteiger partial charge in [0, 0.05) is 25.8 Å². The quantitative estimate of drug-likeness (QED) is 0.764. The van der Waals surface area contributed by atoms with Crippen LogP contribution in [0.15, 0.2) is 12.1 Å². The third kappa shape index (κ3) is 6.47. The molecule has 0 unspecified atom stereocenters. The van der Waals surface area contributed by atoms with E-state index in [2.05, 4.69) is 70.9 Å². The number of anilines is 1. The van der Waals surface area contributed by atoms with Crippen molar-refractivity contribution < 1.29 is 0 Å². The summed E-state index contributed by atoms with van der Waals surface area (Å²) in [6.45, 7) is 16.4. The van der Waals surface area contributed by atoms with Crippen molar-refractivity contribution in [2.45, 2.75) is 60.4 Å². The fourth-order valence-electron chi connectivity index (χ4n) is 2.39. The van der Waals surface area contributed by atoms with E-state index < -0.39 is 0 Å². The smallest absolute Gasteiger partial charge is 0.128 e. The number of pyridine rings is 1. The molecule has 0 aliphatic heterocycles. The van der Waals surface area contributed by atoms with E-state index in [0.717, 1.165) is 25.5 Å². The monoisotopic (exact) mass is 291 g/mol. The molecule has 1 heterocycles. The molecule has 1 N–H and O–H groups in total. The van der Waals surface area contributed by atoms with E-state index in [-0.39, 0.29) is 5.41 Å². The van der Waals surface area contributed by atoms with E-state index in [1.54, 1.807) is 0 Å². The normalized spacial score (nSPS) is 12.0. The van der Waals surface area contributed by atoms with Gasteiger partial charge in [-0.25, -0.2) is 4.98 Å². The Balaban J connectivity index is 2.96. The van der Waals surface area contributed by atoms with Crippen LogP contribution in [-0.4, -0.2) is 25.1 Å². The molecule has 1 aromatic rings. The van der Waals surface area contributed by atoms with Crippen LogP contribution in [0.3, 0.4) is 0 Å². The predicted octanol–water partition coefficient (Wildman–Crippen LogP) is 4.19. The zero-order chi connectivity index (χ0) is 16.0. The van der Waals surface area contributed by atoms with Gasteiger partial charge in [-0.1, -0.05) is 41.5 Å². The first-order chi connectivity index (χ1) is 9.73. The van der Waals surface area contributed by atoms with Crippen LogP contribution in [-0.2, 0) is 6.54 Å². The van der Waals surface area contributed by atoms with Gasteiger partial charge in [-0.3, -0.25) is 0 Å². The molecule has 1 rings (SSSR count). The first-order valence-electron chi connectivity index (χ1n) is 8.15. The van der Waals surface area contributed by atoms with Gasteiger partial charge in [0.1, 0.15) is 5.82 Å². The van der Waals surface area contributed by atoms with E-state index in [1.165, 1.54) is 17.7 Å². The Morgan fingerprint density at radius 1 is 1.24 bits per heavy atom. The summed E-state index contributed by atoms with van der Waals surface area (Å²) in [4.78, 5) is 7.12. The lowest BCUT2D eigenvalue weighted by molar-refractivity contribution is 0.417. The lowest BCUT2D eigenvalue weighted by Gasteiger charge is -2.28. The van der Waals surface area contributed by atoms with Crippen molar-refractivity contribution in [2.24, 2.45) is 5.41 Å². The molecular weight excluding hydrogens is 258 g/mol. The van der Waals surface area contributed by atoms with Crippen molar-refractivity contribution in [1.82, 2.24) is 10.3 Å². The van der Waals surface area contributed by atoms with Crippen molar-refractivity contribution >= 4 is 5.82 Å². The van der Waals surface area contributed by atoms with Gasteiger partial charge in [-0.15, -0.1) is 0 Å². The van der Waals surface area contributed by atoms with Crippen LogP contribution in [0, 0.1) is 5.41 Å². The molecule has 0 aliphatic rings. The van der Waals surface area contributed by atoms with Crippen molar-refractivity contribution in [3.63, 3.8) is 0 Å². The van der Waals surface area contributed by atoms with Crippen molar-refractivity contribution in [1.29, 1.82) is 0 Å². The van der Waals surface area contributed by atoms with Crippen LogP contribution < -0.4 is 10.2 Å². The summed E-state index contributed by atoms with van der Waals surface area (Å²) in [6, 6.07) is 4.46. The second kappa shape index (κ2) is 7.79. The SMILES string of the molecule is CCCNCc1cc(C(C)C)nc(N(C)CC(C)(C)C)c1. The molecule has 3 heteroatoms. The third-order valence-corrected chi connectivity index (χ3v) is 3.34. The fourth-order valence-corrected chi connectivity index (χ4v) is 2.39. The van der Waals surface area contributed by atoms with Gasteiger partial charge in [-0.05, 0) is 42.0 Å². The van der Waals surface area contributed by atoms with Gasteiger partial charge >= 0.3 is 0 Å². The molecule has 3 nitrogen and oxygen atoms in total. The standard InChI is InChI=1S/C18H33N3/c1-8-9-19-12-15-10-16(14(2)3)20-17(11-15)21(7)13-18(4,5)6/h10-11,14,19H,8-9,12-13H2,1-7H3. The molecular formula is C18H33N3. The van der Waals surface area contributed by atoms with Crippen LogP contribution in [0.5, 0.6) is 0 Å². The number of nitrogens with zero attached hydrogens (tertiary/aromatic N) is 2.